The van der Waals surface area contributed by atoms with Crippen LogP contribution in [0.25, 0.3) is 0 Å². The Morgan fingerprint density at radius 3 is 2.34 bits per heavy atom. The Morgan fingerprint density at radius 2 is 1.75 bits per heavy atom. The van der Waals surface area contributed by atoms with E-state index in [-0.39, 0.29) is 10.7 Å². The van der Waals surface area contributed by atoms with Crippen molar-refractivity contribution in [3.63, 3.8) is 0 Å². The largest absolute Gasteiger partial charge is 0.489 e. The van der Waals surface area contributed by atoms with Gasteiger partial charge in [-0.3, -0.25) is 4.79 Å². The van der Waals surface area contributed by atoms with Crippen molar-refractivity contribution in [1.29, 1.82) is 0 Å². The summed E-state index contributed by atoms with van der Waals surface area (Å²) in [6.45, 7) is 1.73. The normalized spacial score (nSPS) is 12.3. The molecule has 5 nitrogen and oxygen atoms in total. The lowest BCUT2D eigenvalue weighted by Gasteiger charge is -2.16. The van der Waals surface area contributed by atoms with Crippen molar-refractivity contribution < 1.29 is 27.8 Å². The molecule has 32 heavy (non-hydrogen) atoms. The van der Waals surface area contributed by atoms with E-state index in [1.807, 2.05) is 54.6 Å². The quantitative estimate of drug-likeness (QED) is 0.460. The van der Waals surface area contributed by atoms with Crippen molar-refractivity contribution in [3.05, 3.63) is 76.7 Å². The molecule has 0 spiro atoms. The molecular weight excluding hydrogens is 436 g/mol. The van der Waals surface area contributed by atoms with Crippen LogP contribution in [-0.4, -0.2) is 37.2 Å². The van der Waals surface area contributed by atoms with Crippen LogP contribution in [0.3, 0.4) is 0 Å². The Hall–Kier alpha value is -2.87. The third-order valence-electron chi connectivity index (χ3n) is 4.45. The van der Waals surface area contributed by atoms with Crippen molar-refractivity contribution in [2.45, 2.75) is 38.8 Å². The molecule has 172 valence electrons. The third kappa shape index (κ3) is 9.09. The second-order valence-electron chi connectivity index (χ2n) is 6.95. The fourth-order valence-electron chi connectivity index (χ4n) is 2.82. The van der Waals surface area contributed by atoms with Crippen LogP contribution in [0.2, 0.25) is 0 Å². The maximum absolute atomic E-state index is 13.4. The molecule has 0 fully saturated rings. The van der Waals surface area contributed by atoms with E-state index in [4.69, 9.17) is 4.74 Å². The van der Waals surface area contributed by atoms with Crippen molar-refractivity contribution >= 4 is 23.6 Å². The van der Waals surface area contributed by atoms with Crippen molar-refractivity contribution in [2.24, 2.45) is 0 Å². The minimum Gasteiger partial charge on any atom is -0.489 e. The van der Waals surface area contributed by atoms with Gasteiger partial charge in [0.05, 0.1) is 7.11 Å². The van der Waals surface area contributed by atoms with Gasteiger partial charge in [-0.05, 0) is 36.1 Å². The summed E-state index contributed by atoms with van der Waals surface area (Å²) in [6.07, 6.45) is -0.191. The van der Waals surface area contributed by atoms with E-state index in [0.29, 0.717) is 19.4 Å². The molecule has 2 aromatic carbocycles. The number of rotatable bonds is 12. The molecule has 0 bridgehead atoms. The Morgan fingerprint density at radius 1 is 1.06 bits per heavy atom. The number of carbonyl (C=O) groups excluding carboxylic acids is 2. The van der Waals surface area contributed by atoms with Gasteiger partial charge in [0, 0.05) is 17.6 Å². The summed E-state index contributed by atoms with van der Waals surface area (Å²) < 4.78 is 37.1. The number of nitrogens with one attached hydrogen (secondary N) is 1. The van der Waals surface area contributed by atoms with Gasteiger partial charge in [0.15, 0.2) is 0 Å². The van der Waals surface area contributed by atoms with E-state index in [2.05, 4.69) is 10.1 Å². The van der Waals surface area contributed by atoms with E-state index < -0.39 is 24.3 Å². The molecule has 0 saturated heterocycles. The smallest absolute Gasteiger partial charge is 0.329 e. The van der Waals surface area contributed by atoms with E-state index in [1.54, 1.807) is 0 Å². The zero-order valence-corrected chi connectivity index (χ0v) is 18.9. The number of carbonyl (C=O) groups is 2. The van der Waals surface area contributed by atoms with Gasteiger partial charge in [0.1, 0.15) is 18.4 Å². The number of methoxy groups -OCH3 is 1. The van der Waals surface area contributed by atoms with Crippen LogP contribution in [0.1, 0.15) is 24.5 Å². The predicted octanol–water partition coefficient (Wildman–Crippen LogP) is 4.76. The summed E-state index contributed by atoms with van der Waals surface area (Å²) in [7, 11) is 1.18. The Bertz CT molecular complexity index is 889. The van der Waals surface area contributed by atoms with E-state index in [0.717, 1.165) is 28.6 Å². The number of amides is 1. The molecule has 2 rings (SSSR count). The number of esters is 1. The molecule has 1 amide bonds. The molecule has 0 aliphatic heterocycles. The fourth-order valence-corrected chi connectivity index (χ4v) is 3.76. The Kier molecular flexibility index (Phi) is 10.7. The Labute approximate surface area is 191 Å². The minimum atomic E-state index is -2.66. The molecule has 1 atom stereocenters. The van der Waals surface area contributed by atoms with Crippen LogP contribution in [0.15, 0.2) is 65.6 Å². The average Bonchev–Trinajstić information content (AvgIpc) is 2.79. The standard InChI is InChI=1S/C24H27F2NO4S/c1-17(28)27-21(24(29)30-2)16-32-22(23(25)26)10-6-9-18-11-13-20(14-12-18)31-15-19-7-4-3-5-8-19/h3-5,7-8,10-14,21,23H,6,9,15-16H2,1-2H3,(H,27,28)/b22-10-/t21-/m0/s1. The van der Waals surface area contributed by atoms with Gasteiger partial charge in [-0.15, -0.1) is 11.8 Å². The first-order chi connectivity index (χ1) is 15.4. The third-order valence-corrected chi connectivity index (χ3v) is 5.62. The first-order valence-corrected chi connectivity index (χ1v) is 11.1. The van der Waals surface area contributed by atoms with Crippen LogP contribution >= 0.6 is 11.8 Å². The van der Waals surface area contributed by atoms with Gasteiger partial charge in [-0.25, -0.2) is 13.6 Å². The molecule has 1 N–H and O–H groups in total. The molecule has 8 heteroatoms. The molecule has 0 radical (unpaired) electrons. The summed E-state index contributed by atoms with van der Waals surface area (Å²) in [5, 5.41) is 2.41. The topological polar surface area (TPSA) is 64.6 Å². The van der Waals surface area contributed by atoms with Gasteiger partial charge in [-0.1, -0.05) is 48.5 Å². The van der Waals surface area contributed by atoms with Crippen LogP contribution in [0, 0.1) is 0 Å². The number of alkyl halides is 2. The number of hydrogen-bond acceptors (Lipinski definition) is 5. The summed E-state index contributed by atoms with van der Waals surface area (Å²) in [5.41, 5.74) is 2.07. The highest BCUT2D eigenvalue weighted by Crippen LogP contribution is 2.25. The highest BCUT2D eigenvalue weighted by atomic mass is 32.2. The number of aryl methyl sites for hydroxylation is 1. The lowest BCUT2D eigenvalue weighted by atomic mass is 10.1. The van der Waals surface area contributed by atoms with Gasteiger partial charge in [0.2, 0.25) is 5.91 Å². The maximum atomic E-state index is 13.4. The lowest BCUT2D eigenvalue weighted by molar-refractivity contribution is -0.144. The molecule has 2 aromatic rings. The predicted molar refractivity (Wildman–Crippen MR) is 122 cm³/mol. The van der Waals surface area contributed by atoms with Gasteiger partial charge in [-0.2, -0.15) is 0 Å². The van der Waals surface area contributed by atoms with Crippen LogP contribution < -0.4 is 10.1 Å². The van der Waals surface area contributed by atoms with Crippen molar-refractivity contribution in [1.82, 2.24) is 5.32 Å². The summed E-state index contributed by atoms with van der Waals surface area (Å²) >= 11 is 0.841. The monoisotopic (exact) mass is 463 g/mol. The second kappa shape index (κ2) is 13.5. The summed E-state index contributed by atoms with van der Waals surface area (Å²) in [5.74, 6) is -0.393. The Balaban J connectivity index is 1.86. The van der Waals surface area contributed by atoms with Gasteiger partial charge < -0.3 is 14.8 Å². The maximum Gasteiger partial charge on any atom is 0.329 e. The van der Waals surface area contributed by atoms with Crippen LogP contribution in [-0.2, 0) is 27.4 Å². The minimum absolute atomic E-state index is 0.0319. The second-order valence-corrected chi connectivity index (χ2v) is 8.04. The summed E-state index contributed by atoms with van der Waals surface area (Å²) in [4.78, 5) is 22.8. The summed E-state index contributed by atoms with van der Waals surface area (Å²) in [6, 6.07) is 16.4. The first kappa shape index (κ1) is 25.4. The zero-order valence-electron chi connectivity index (χ0n) is 18.1. The van der Waals surface area contributed by atoms with Gasteiger partial charge >= 0.3 is 5.97 Å². The highest BCUT2D eigenvalue weighted by Gasteiger charge is 2.22. The van der Waals surface area contributed by atoms with E-state index >= 15 is 0 Å². The first-order valence-electron chi connectivity index (χ1n) is 10.1. The number of halogens is 2. The van der Waals surface area contributed by atoms with E-state index in [1.165, 1.54) is 20.1 Å². The molecule has 0 saturated carbocycles. The fraction of sp³-hybridized carbons (Fsp3) is 0.333. The molecule has 0 heterocycles. The number of thioether (sulfide) groups is 1. The molecule has 0 aliphatic rings. The molecule has 0 aliphatic carbocycles. The van der Waals surface area contributed by atoms with E-state index in [9.17, 15) is 18.4 Å². The number of allylic oxidation sites excluding steroid dienone is 2. The van der Waals surface area contributed by atoms with Gasteiger partial charge in [0.25, 0.3) is 6.43 Å². The zero-order chi connectivity index (χ0) is 23.3. The molecular formula is C24H27F2NO4S. The molecule has 0 aromatic heterocycles. The van der Waals surface area contributed by atoms with Crippen LogP contribution in [0.4, 0.5) is 8.78 Å². The van der Waals surface area contributed by atoms with Crippen molar-refractivity contribution in [2.75, 3.05) is 12.9 Å². The average molecular weight is 464 g/mol. The number of hydrogen-bond donors (Lipinski definition) is 1. The number of benzene rings is 2. The number of ether oxygens (including phenoxy) is 2. The SMILES string of the molecule is COC(=O)[C@H](CS/C(=C\CCc1ccc(OCc2ccccc2)cc1)C(F)F)NC(C)=O. The lowest BCUT2D eigenvalue weighted by Crippen LogP contribution is -2.42. The highest BCUT2D eigenvalue weighted by molar-refractivity contribution is 8.03. The van der Waals surface area contributed by atoms with Crippen molar-refractivity contribution in [3.8, 4) is 5.75 Å². The molecule has 0 unspecified atom stereocenters. The van der Waals surface area contributed by atoms with Crippen LogP contribution in [0.5, 0.6) is 5.75 Å².